The van der Waals surface area contributed by atoms with Gasteiger partial charge in [-0.3, -0.25) is 4.79 Å². The molecule has 0 saturated carbocycles. The zero-order valence-corrected chi connectivity index (χ0v) is 13.2. The van der Waals surface area contributed by atoms with Crippen LogP contribution in [0.1, 0.15) is 37.8 Å². The van der Waals surface area contributed by atoms with Gasteiger partial charge in [0.25, 0.3) is 0 Å². The van der Waals surface area contributed by atoms with Crippen molar-refractivity contribution in [3.8, 4) is 0 Å². The van der Waals surface area contributed by atoms with Gasteiger partial charge in [-0.2, -0.15) is 0 Å². The monoisotopic (exact) mass is 287 g/mol. The normalized spacial score (nSPS) is 19.0. The van der Waals surface area contributed by atoms with Crippen LogP contribution in [0.15, 0.2) is 30.3 Å². The van der Waals surface area contributed by atoms with Crippen LogP contribution in [0.25, 0.3) is 5.57 Å². The highest BCUT2D eigenvalue weighted by Crippen LogP contribution is 2.23. The van der Waals surface area contributed by atoms with E-state index in [0.29, 0.717) is 12.5 Å². The molecule has 1 unspecified atom stereocenters. The molecule has 1 aliphatic heterocycles. The number of ether oxygens (including phenoxy) is 1. The Morgan fingerprint density at radius 2 is 2.10 bits per heavy atom. The summed E-state index contributed by atoms with van der Waals surface area (Å²) in [5.74, 6) is 0.274. The molecule has 1 aliphatic rings. The van der Waals surface area contributed by atoms with Gasteiger partial charge in [-0.05, 0) is 36.8 Å². The van der Waals surface area contributed by atoms with E-state index in [-0.39, 0.29) is 12.0 Å². The van der Waals surface area contributed by atoms with Crippen LogP contribution >= 0.6 is 0 Å². The molecule has 1 saturated heterocycles. The van der Waals surface area contributed by atoms with Crippen molar-refractivity contribution in [2.75, 3.05) is 13.2 Å². The first kappa shape index (κ1) is 15.8. The maximum atomic E-state index is 12.1. The molecular formula is C18H25NO2. The molecule has 1 atom stereocenters. The van der Waals surface area contributed by atoms with Crippen LogP contribution in [-0.4, -0.2) is 25.2 Å². The highest BCUT2D eigenvalue weighted by atomic mass is 16.5. The molecule has 1 aromatic rings. The molecule has 21 heavy (non-hydrogen) atoms. The Labute approximate surface area is 127 Å². The number of carbonyl (C=O) groups is 1. The molecular weight excluding hydrogens is 262 g/mol. The molecule has 2 rings (SSSR count). The van der Waals surface area contributed by atoms with Crippen LogP contribution in [0.5, 0.6) is 0 Å². The van der Waals surface area contributed by atoms with Crippen LogP contribution in [-0.2, 0) is 9.53 Å². The quantitative estimate of drug-likeness (QED) is 0.844. The first-order valence-electron chi connectivity index (χ1n) is 7.74. The van der Waals surface area contributed by atoms with Crippen LogP contribution in [0.3, 0.4) is 0 Å². The summed E-state index contributed by atoms with van der Waals surface area (Å²) in [6, 6.07) is 8.31. The smallest absolute Gasteiger partial charge is 0.244 e. The Morgan fingerprint density at radius 1 is 1.38 bits per heavy atom. The molecule has 0 radical (unpaired) electrons. The van der Waals surface area contributed by atoms with E-state index in [9.17, 15) is 4.79 Å². The van der Waals surface area contributed by atoms with E-state index in [1.54, 1.807) is 6.08 Å². The van der Waals surface area contributed by atoms with Crippen molar-refractivity contribution >= 4 is 11.5 Å². The molecule has 114 valence electrons. The Kier molecular flexibility index (Phi) is 5.57. The highest BCUT2D eigenvalue weighted by molar-refractivity contribution is 5.95. The van der Waals surface area contributed by atoms with Crippen molar-refractivity contribution in [1.29, 1.82) is 0 Å². The second kappa shape index (κ2) is 7.41. The van der Waals surface area contributed by atoms with E-state index in [0.717, 1.165) is 30.6 Å². The molecule has 1 amide bonds. The number of carbonyl (C=O) groups excluding carboxylic acids is 1. The summed E-state index contributed by atoms with van der Waals surface area (Å²) in [7, 11) is 0. The molecule has 0 aromatic heterocycles. The number of allylic oxidation sites excluding steroid dienone is 1. The SMILES string of the molecule is Cc1ccc(/C(=C/C(=O)NCC2CCCO2)C(C)C)cc1. The summed E-state index contributed by atoms with van der Waals surface area (Å²) in [5, 5.41) is 2.95. The summed E-state index contributed by atoms with van der Waals surface area (Å²) in [4.78, 5) is 12.1. The molecule has 3 heteroatoms. The molecule has 0 spiro atoms. The van der Waals surface area contributed by atoms with Crippen molar-refractivity contribution in [3.63, 3.8) is 0 Å². The fourth-order valence-corrected chi connectivity index (χ4v) is 2.54. The lowest BCUT2D eigenvalue weighted by Gasteiger charge is -2.13. The molecule has 1 fully saturated rings. The van der Waals surface area contributed by atoms with Gasteiger partial charge in [0.05, 0.1) is 6.10 Å². The maximum Gasteiger partial charge on any atom is 0.244 e. The number of aryl methyl sites for hydroxylation is 1. The zero-order valence-electron chi connectivity index (χ0n) is 13.2. The minimum atomic E-state index is -0.0326. The van der Waals surface area contributed by atoms with Gasteiger partial charge in [0, 0.05) is 19.2 Å². The average molecular weight is 287 g/mol. The number of nitrogens with one attached hydrogen (secondary N) is 1. The Morgan fingerprint density at radius 3 is 2.67 bits per heavy atom. The fourth-order valence-electron chi connectivity index (χ4n) is 2.54. The highest BCUT2D eigenvalue weighted by Gasteiger charge is 2.16. The minimum Gasteiger partial charge on any atom is -0.376 e. The van der Waals surface area contributed by atoms with Gasteiger partial charge in [-0.25, -0.2) is 0 Å². The Hall–Kier alpha value is -1.61. The van der Waals surface area contributed by atoms with Gasteiger partial charge in [0.15, 0.2) is 0 Å². The second-order valence-corrected chi connectivity index (χ2v) is 6.00. The van der Waals surface area contributed by atoms with E-state index in [1.165, 1.54) is 5.56 Å². The summed E-state index contributed by atoms with van der Waals surface area (Å²) in [6.45, 7) is 7.71. The van der Waals surface area contributed by atoms with E-state index in [1.807, 2.05) is 0 Å². The maximum absolute atomic E-state index is 12.1. The first-order valence-corrected chi connectivity index (χ1v) is 7.74. The molecule has 3 nitrogen and oxygen atoms in total. The van der Waals surface area contributed by atoms with Crippen LogP contribution in [0.4, 0.5) is 0 Å². The summed E-state index contributed by atoms with van der Waals surface area (Å²) >= 11 is 0. The lowest BCUT2D eigenvalue weighted by atomic mass is 9.94. The van der Waals surface area contributed by atoms with Crippen LogP contribution in [0.2, 0.25) is 0 Å². The van der Waals surface area contributed by atoms with Crippen molar-refractivity contribution in [3.05, 3.63) is 41.5 Å². The molecule has 1 aromatic carbocycles. The fraction of sp³-hybridized carbons (Fsp3) is 0.500. The zero-order chi connectivity index (χ0) is 15.2. The molecule has 0 aliphatic carbocycles. The van der Waals surface area contributed by atoms with E-state index in [4.69, 9.17) is 4.74 Å². The standard InChI is InChI=1S/C18H25NO2/c1-13(2)17(15-8-6-14(3)7-9-15)11-18(20)19-12-16-5-4-10-21-16/h6-9,11,13,16H,4-5,10,12H2,1-3H3,(H,19,20)/b17-11+. The number of rotatable bonds is 5. The average Bonchev–Trinajstić information content (AvgIpc) is 2.97. The number of hydrogen-bond acceptors (Lipinski definition) is 2. The van der Waals surface area contributed by atoms with Crippen molar-refractivity contribution in [2.45, 2.75) is 39.7 Å². The second-order valence-electron chi connectivity index (χ2n) is 6.00. The van der Waals surface area contributed by atoms with E-state index < -0.39 is 0 Å². The summed E-state index contributed by atoms with van der Waals surface area (Å²) < 4.78 is 5.52. The van der Waals surface area contributed by atoms with Gasteiger partial charge < -0.3 is 10.1 Å². The number of amides is 1. The molecule has 1 N–H and O–H groups in total. The number of hydrogen-bond donors (Lipinski definition) is 1. The third-order valence-corrected chi connectivity index (χ3v) is 3.82. The predicted molar refractivity (Wildman–Crippen MR) is 86.0 cm³/mol. The topological polar surface area (TPSA) is 38.3 Å². The summed E-state index contributed by atoms with van der Waals surface area (Å²) in [5.41, 5.74) is 3.41. The van der Waals surface area contributed by atoms with Crippen molar-refractivity contribution < 1.29 is 9.53 Å². The lowest BCUT2D eigenvalue weighted by molar-refractivity contribution is -0.116. The number of benzene rings is 1. The van der Waals surface area contributed by atoms with Crippen molar-refractivity contribution in [1.82, 2.24) is 5.32 Å². The van der Waals surface area contributed by atoms with Gasteiger partial charge in [-0.1, -0.05) is 43.7 Å². The van der Waals surface area contributed by atoms with E-state index in [2.05, 4.69) is 50.4 Å². The Bertz CT molecular complexity index is 496. The Balaban J connectivity index is 2.02. The third-order valence-electron chi connectivity index (χ3n) is 3.82. The van der Waals surface area contributed by atoms with Gasteiger partial charge >= 0.3 is 0 Å². The van der Waals surface area contributed by atoms with Gasteiger partial charge in [0.2, 0.25) is 5.91 Å². The molecule has 1 heterocycles. The predicted octanol–water partition coefficient (Wildman–Crippen LogP) is 3.33. The third kappa shape index (κ3) is 4.71. The molecule has 0 bridgehead atoms. The van der Waals surface area contributed by atoms with Crippen LogP contribution in [0, 0.1) is 12.8 Å². The van der Waals surface area contributed by atoms with E-state index >= 15 is 0 Å². The lowest BCUT2D eigenvalue weighted by Crippen LogP contribution is -2.30. The van der Waals surface area contributed by atoms with Crippen LogP contribution < -0.4 is 5.32 Å². The largest absolute Gasteiger partial charge is 0.376 e. The minimum absolute atomic E-state index is 0.0326. The summed E-state index contributed by atoms with van der Waals surface area (Å²) in [6.07, 6.45) is 4.05. The van der Waals surface area contributed by atoms with Crippen molar-refractivity contribution in [2.24, 2.45) is 5.92 Å². The van der Waals surface area contributed by atoms with Gasteiger partial charge in [-0.15, -0.1) is 0 Å². The first-order chi connectivity index (χ1) is 10.1. The van der Waals surface area contributed by atoms with Gasteiger partial charge in [0.1, 0.15) is 0 Å².